The van der Waals surface area contributed by atoms with E-state index in [4.69, 9.17) is 4.74 Å². The van der Waals surface area contributed by atoms with E-state index < -0.39 is 21.3 Å². The zero-order chi connectivity index (χ0) is 21.4. The zero-order valence-corrected chi connectivity index (χ0v) is 17.7. The van der Waals surface area contributed by atoms with Crippen molar-refractivity contribution >= 4 is 27.3 Å². The summed E-state index contributed by atoms with van der Waals surface area (Å²) in [6.45, 7) is 8.38. The summed E-state index contributed by atoms with van der Waals surface area (Å²) in [5.74, 6) is -0.0166. The standard InChI is InChI=1S/C21H25FN2O4S/c1-14(2)12-24-18-9-8-16(11-19(18)28-13-21(3,4)20(24)25)23-29(26,27)17-7-5-6-15(22)10-17/h5-11,14,23H,12-13H2,1-4H3. The van der Waals surface area contributed by atoms with E-state index in [-0.39, 0.29) is 29.0 Å². The molecule has 0 bridgehead atoms. The van der Waals surface area contributed by atoms with E-state index in [2.05, 4.69) is 4.72 Å². The quantitative estimate of drug-likeness (QED) is 0.792. The van der Waals surface area contributed by atoms with E-state index in [1.54, 1.807) is 23.1 Å². The van der Waals surface area contributed by atoms with Gasteiger partial charge in [-0.1, -0.05) is 19.9 Å². The van der Waals surface area contributed by atoms with Gasteiger partial charge in [-0.3, -0.25) is 9.52 Å². The zero-order valence-electron chi connectivity index (χ0n) is 16.9. The molecule has 0 spiro atoms. The van der Waals surface area contributed by atoms with Crippen LogP contribution in [0.2, 0.25) is 0 Å². The number of nitrogens with one attached hydrogen (secondary N) is 1. The molecule has 0 aliphatic carbocycles. The Hall–Kier alpha value is -2.61. The average molecular weight is 421 g/mol. The van der Waals surface area contributed by atoms with Gasteiger partial charge in [-0.05, 0) is 50.1 Å². The molecule has 156 valence electrons. The Morgan fingerprint density at radius 2 is 1.93 bits per heavy atom. The Labute approximate surface area is 170 Å². The van der Waals surface area contributed by atoms with E-state index in [0.29, 0.717) is 18.0 Å². The lowest BCUT2D eigenvalue weighted by Crippen LogP contribution is -2.43. The van der Waals surface area contributed by atoms with Gasteiger partial charge in [-0.15, -0.1) is 0 Å². The van der Waals surface area contributed by atoms with E-state index in [9.17, 15) is 17.6 Å². The van der Waals surface area contributed by atoms with Crippen LogP contribution in [0.15, 0.2) is 47.4 Å². The van der Waals surface area contributed by atoms with E-state index >= 15 is 0 Å². The third-order valence-electron chi connectivity index (χ3n) is 4.57. The molecule has 0 saturated heterocycles. The van der Waals surface area contributed by atoms with Crippen molar-refractivity contribution in [3.63, 3.8) is 0 Å². The molecule has 0 radical (unpaired) electrons. The lowest BCUT2D eigenvalue weighted by Gasteiger charge is -2.29. The second-order valence-electron chi connectivity index (χ2n) is 8.23. The number of carbonyl (C=O) groups is 1. The highest BCUT2D eigenvalue weighted by Crippen LogP contribution is 2.39. The summed E-state index contributed by atoms with van der Waals surface area (Å²) in [6.07, 6.45) is 0. The molecular formula is C21H25FN2O4S. The summed E-state index contributed by atoms with van der Waals surface area (Å²) in [7, 11) is -3.96. The van der Waals surface area contributed by atoms with Crippen molar-refractivity contribution in [3.8, 4) is 5.75 Å². The number of fused-ring (bicyclic) bond motifs is 1. The number of hydrogen-bond donors (Lipinski definition) is 1. The highest BCUT2D eigenvalue weighted by atomic mass is 32.2. The van der Waals surface area contributed by atoms with Gasteiger partial charge in [0.15, 0.2) is 0 Å². The van der Waals surface area contributed by atoms with Gasteiger partial charge in [0.1, 0.15) is 18.2 Å². The largest absolute Gasteiger partial charge is 0.490 e. The number of sulfonamides is 1. The van der Waals surface area contributed by atoms with Gasteiger partial charge in [0, 0.05) is 12.6 Å². The molecule has 1 aliphatic heterocycles. The van der Waals surface area contributed by atoms with Gasteiger partial charge in [0.2, 0.25) is 5.91 Å². The number of nitrogens with zero attached hydrogens (tertiary/aromatic N) is 1. The Balaban J connectivity index is 1.96. The third kappa shape index (κ3) is 4.53. The maximum atomic E-state index is 13.4. The minimum absolute atomic E-state index is 0.0435. The maximum Gasteiger partial charge on any atom is 0.261 e. The van der Waals surface area contributed by atoms with E-state index in [1.807, 2.05) is 27.7 Å². The van der Waals surface area contributed by atoms with E-state index in [1.165, 1.54) is 18.2 Å². The first kappa shape index (κ1) is 21.1. The van der Waals surface area contributed by atoms with Crippen molar-refractivity contribution in [2.45, 2.75) is 32.6 Å². The van der Waals surface area contributed by atoms with Crippen molar-refractivity contribution in [1.82, 2.24) is 0 Å². The number of halogens is 1. The number of benzene rings is 2. The first-order chi connectivity index (χ1) is 13.5. The van der Waals surface area contributed by atoms with Crippen molar-refractivity contribution in [2.24, 2.45) is 11.3 Å². The maximum absolute atomic E-state index is 13.4. The predicted molar refractivity (Wildman–Crippen MR) is 110 cm³/mol. The van der Waals surface area contributed by atoms with Crippen molar-refractivity contribution in [2.75, 3.05) is 22.8 Å². The van der Waals surface area contributed by atoms with Crippen LogP contribution < -0.4 is 14.4 Å². The lowest BCUT2D eigenvalue weighted by atomic mass is 9.92. The molecule has 0 saturated carbocycles. The normalized spacial score (nSPS) is 16.2. The summed E-state index contributed by atoms with van der Waals surface area (Å²) < 4.78 is 46.9. The fourth-order valence-electron chi connectivity index (χ4n) is 3.11. The molecular weight excluding hydrogens is 395 g/mol. The number of rotatable bonds is 5. The summed E-state index contributed by atoms with van der Waals surface area (Å²) in [6, 6.07) is 9.57. The molecule has 2 aromatic rings. The Morgan fingerprint density at radius 1 is 1.21 bits per heavy atom. The van der Waals surface area contributed by atoms with Crippen molar-refractivity contribution < 1.29 is 22.3 Å². The highest BCUT2D eigenvalue weighted by molar-refractivity contribution is 7.92. The van der Waals surface area contributed by atoms with Crippen LogP contribution in [0.5, 0.6) is 5.75 Å². The molecule has 0 fully saturated rings. The van der Waals surface area contributed by atoms with Gasteiger partial charge < -0.3 is 9.64 Å². The van der Waals surface area contributed by atoms with Crippen LogP contribution in [-0.2, 0) is 14.8 Å². The Morgan fingerprint density at radius 3 is 2.59 bits per heavy atom. The van der Waals surface area contributed by atoms with Crippen LogP contribution in [0, 0.1) is 17.2 Å². The topological polar surface area (TPSA) is 75.7 Å². The number of ether oxygens (including phenoxy) is 1. The number of anilines is 2. The van der Waals surface area contributed by atoms with Crippen molar-refractivity contribution in [1.29, 1.82) is 0 Å². The molecule has 1 aliphatic rings. The smallest absolute Gasteiger partial charge is 0.261 e. The van der Waals surface area contributed by atoms with Gasteiger partial charge >= 0.3 is 0 Å². The molecule has 3 rings (SSSR count). The predicted octanol–water partition coefficient (Wildman–Crippen LogP) is 4.03. The fraction of sp³-hybridized carbons (Fsp3) is 0.381. The fourth-order valence-corrected chi connectivity index (χ4v) is 4.19. The Bertz CT molecular complexity index is 1030. The van der Waals surface area contributed by atoms with Crippen LogP contribution in [-0.4, -0.2) is 27.5 Å². The molecule has 1 heterocycles. The summed E-state index contributed by atoms with van der Waals surface area (Å²) >= 11 is 0. The minimum Gasteiger partial charge on any atom is -0.490 e. The lowest BCUT2D eigenvalue weighted by molar-refractivity contribution is -0.127. The monoisotopic (exact) mass is 420 g/mol. The molecule has 1 N–H and O–H groups in total. The van der Waals surface area contributed by atoms with Gasteiger partial charge in [0.05, 0.1) is 21.7 Å². The SMILES string of the molecule is CC(C)CN1C(=O)C(C)(C)COc2cc(NS(=O)(=O)c3cccc(F)c3)ccc21. The van der Waals surface area contributed by atoms with Crippen LogP contribution >= 0.6 is 0 Å². The van der Waals surface area contributed by atoms with Crippen LogP contribution in [0.1, 0.15) is 27.7 Å². The molecule has 0 unspecified atom stereocenters. The average Bonchev–Trinajstić information content (AvgIpc) is 2.71. The third-order valence-corrected chi connectivity index (χ3v) is 5.95. The Kier molecular flexibility index (Phi) is 5.58. The molecule has 0 atom stereocenters. The minimum atomic E-state index is -3.96. The summed E-state index contributed by atoms with van der Waals surface area (Å²) in [5.41, 5.74) is 0.155. The van der Waals surface area contributed by atoms with Crippen molar-refractivity contribution in [3.05, 3.63) is 48.3 Å². The number of amides is 1. The highest BCUT2D eigenvalue weighted by Gasteiger charge is 2.38. The van der Waals surface area contributed by atoms with Crippen LogP contribution in [0.4, 0.5) is 15.8 Å². The van der Waals surface area contributed by atoms with Gasteiger partial charge in [-0.25, -0.2) is 12.8 Å². The molecule has 6 nitrogen and oxygen atoms in total. The molecule has 29 heavy (non-hydrogen) atoms. The molecule has 1 amide bonds. The molecule has 8 heteroatoms. The summed E-state index contributed by atoms with van der Waals surface area (Å²) in [5, 5.41) is 0. The van der Waals surface area contributed by atoms with Gasteiger partial charge in [-0.2, -0.15) is 0 Å². The van der Waals surface area contributed by atoms with Crippen LogP contribution in [0.25, 0.3) is 0 Å². The van der Waals surface area contributed by atoms with Gasteiger partial charge in [0.25, 0.3) is 10.0 Å². The van der Waals surface area contributed by atoms with Crippen LogP contribution in [0.3, 0.4) is 0 Å². The first-order valence-corrected chi connectivity index (χ1v) is 10.8. The molecule has 2 aromatic carbocycles. The van der Waals surface area contributed by atoms with E-state index in [0.717, 1.165) is 6.07 Å². The molecule has 0 aromatic heterocycles. The number of hydrogen-bond acceptors (Lipinski definition) is 4. The summed E-state index contributed by atoms with van der Waals surface area (Å²) in [4.78, 5) is 14.5. The second-order valence-corrected chi connectivity index (χ2v) is 9.91. The first-order valence-electron chi connectivity index (χ1n) is 9.37. The second kappa shape index (κ2) is 7.67. The number of carbonyl (C=O) groups excluding carboxylic acids is 1.